The van der Waals surface area contributed by atoms with Gasteiger partial charge in [-0.05, 0) is 43.8 Å². The molecule has 1 fully saturated rings. The van der Waals surface area contributed by atoms with Crippen molar-refractivity contribution in [1.82, 2.24) is 4.90 Å². The van der Waals surface area contributed by atoms with E-state index in [1.807, 2.05) is 6.07 Å². The zero-order valence-electron chi connectivity index (χ0n) is 11.5. The average Bonchev–Trinajstić information content (AvgIpc) is 2.65. The topological polar surface area (TPSA) is 29.3 Å². The molecule has 2 N–H and O–H groups in total. The van der Waals surface area contributed by atoms with Gasteiger partial charge in [-0.3, -0.25) is 0 Å². The van der Waals surface area contributed by atoms with E-state index < -0.39 is 0 Å². The summed E-state index contributed by atoms with van der Waals surface area (Å²) in [4.78, 5) is 2.55. The summed E-state index contributed by atoms with van der Waals surface area (Å²) in [6.45, 7) is 5.76. The smallest absolute Gasteiger partial charge is 0.0424 e. The van der Waals surface area contributed by atoms with E-state index in [0.29, 0.717) is 0 Å². The largest absolute Gasteiger partial charge is 0.323 e. The van der Waals surface area contributed by atoms with Gasteiger partial charge < -0.3 is 10.6 Å². The highest BCUT2D eigenvalue weighted by Crippen LogP contribution is 2.21. The lowest BCUT2D eigenvalue weighted by Crippen LogP contribution is -2.33. The minimum atomic E-state index is 0.157. The molecule has 1 aliphatic heterocycles. The Labute approximate surface area is 111 Å². The quantitative estimate of drug-likeness (QED) is 0.884. The first-order valence-electron chi connectivity index (χ1n) is 7.32. The second kappa shape index (κ2) is 6.91. The van der Waals surface area contributed by atoms with Crippen LogP contribution in [0.15, 0.2) is 30.3 Å². The summed E-state index contributed by atoms with van der Waals surface area (Å²) in [7, 11) is 0. The van der Waals surface area contributed by atoms with Crippen molar-refractivity contribution < 1.29 is 0 Å². The van der Waals surface area contributed by atoms with Gasteiger partial charge in [0.05, 0.1) is 0 Å². The highest BCUT2D eigenvalue weighted by atomic mass is 15.1. The summed E-state index contributed by atoms with van der Waals surface area (Å²) in [6.07, 6.45) is 5.41. The fourth-order valence-electron chi connectivity index (χ4n) is 2.90. The van der Waals surface area contributed by atoms with Crippen molar-refractivity contribution in [3.05, 3.63) is 35.9 Å². The molecule has 2 nitrogen and oxygen atoms in total. The van der Waals surface area contributed by atoms with Crippen molar-refractivity contribution in [2.75, 3.05) is 19.6 Å². The molecular weight excluding hydrogens is 220 g/mol. The molecule has 0 bridgehead atoms. The lowest BCUT2D eigenvalue weighted by molar-refractivity contribution is 0.263. The molecule has 1 saturated heterocycles. The molecule has 0 spiro atoms. The summed E-state index contributed by atoms with van der Waals surface area (Å²) in [6, 6.07) is 10.6. The first-order chi connectivity index (χ1) is 8.79. The molecule has 1 heterocycles. The number of hydrogen-bond donors (Lipinski definition) is 1. The molecule has 2 rings (SSSR count). The average molecular weight is 246 g/mol. The zero-order valence-corrected chi connectivity index (χ0v) is 11.5. The van der Waals surface area contributed by atoms with Crippen LogP contribution in [0.5, 0.6) is 0 Å². The zero-order chi connectivity index (χ0) is 12.8. The van der Waals surface area contributed by atoms with Crippen LogP contribution in [0.2, 0.25) is 0 Å². The molecule has 18 heavy (non-hydrogen) atoms. The predicted molar refractivity (Wildman–Crippen MR) is 77.4 cm³/mol. The van der Waals surface area contributed by atoms with Gasteiger partial charge in [0.15, 0.2) is 0 Å². The van der Waals surface area contributed by atoms with Crippen LogP contribution in [0.25, 0.3) is 0 Å². The SMILES string of the molecule is CCC1CCCN(CC(N)c2ccccc2)CC1. The van der Waals surface area contributed by atoms with Gasteiger partial charge in [-0.1, -0.05) is 43.7 Å². The Balaban J connectivity index is 1.86. The first-order valence-corrected chi connectivity index (χ1v) is 7.32. The second-order valence-corrected chi connectivity index (χ2v) is 5.52. The summed E-state index contributed by atoms with van der Waals surface area (Å²) in [5.41, 5.74) is 7.56. The Morgan fingerprint density at radius 2 is 2.00 bits per heavy atom. The minimum Gasteiger partial charge on any atom is -0.323 e. The van der Waals surface area contributed by atoms with Crippen LogP contribution in [0.3, 0.4) is 0 Å². The number of benzene rings is 1. The monoisotopic (exact) mass is 246 g/mol. The molecule has 0 aliphatic carbocycles. The van der Waals surface area contributed by atoms with Crippen LogP contribution >= 0.6 is 0 Å². The normalized spacial score (nSPS) is 23.6. The van der Waals surface area contributed by atoms with Crippen molar-refractivity contribution in [2.24, 2.45) is 11.7 Å². The lowest BCUT2D eigenvalue weighted by atomic mass is 9.98. The maximum Gasteiger partial charge on any atom is 0.0424 e. The van der Waals surface area contributed by atoms with E-state index in [1.165, 1.54) is 44.3 Å². The molecule has 2 atom stereocenters. The third-order valence-electron chi connectivity index (χ3n) is 4.20. The van der Waals surface area contributed by atoms with E-state index in [1.54, 1.807) is 0 Å². The Morgan fingerprint density at radius 1 is 1.22 bits per heavy atom. The Bertz CT molecular complexity index is 336. The standard InChI is InChI=1S/C16H26N2/c1-2-14-7-6-11-18(12-10-14)13-16(17)15-8-4-3-5-9-15/h3-5,8-9,14,16H,2,6-7,10-13,17H2,1H3. The molecule has 2 heteroatoms. The Hall–Kier alpha value is -0.860. The second-order valence-electron chi connectivity index (χ2n) is 5.52. The van der Waals surface area contributed by atoms with Gasteiger partial charge in [0.25, 0.3) is 0 Å². The molecule has 1 aromatic rings. The van der Waals surface area contributed by atoms with E-state index in [9.17, 15) is 0 Å². The van der Waals surface area contributed by atoms with Gasteiger partial charge >= 0.3 is 0 Å². The fourth-order valence-corrected chi connectivity index (χ4v) is 2.90. The van der Waals surface area contributed by atoms with Crippen molar-refractivity contribution in [3.63, 3.8) is 0 Å². The van der Waals surface area contributed by atoms with Crippen molar-refractivity contribution in [3.8, 4) is 0 Å². The van der Waals surface area contributed by atoms with Crippen LogP contribution in [0.4, 0.5) is 0 Å². The molecule has 0 saturated carbocycles. The van der Waals surface area contributed by atoms with E-state index in [2.05, 4.69) is 36.1 Å². The van der Waals surface area contributed by atoms with Crippen molar-refractivity contribution in [2.45, 2.75) is 38.6 Å². The van der Waals surface area contributed by atoms with Gasteiger partial charge in [-0.25, -0.2) is 0 Å². The van der Waals surface area contributed by atoms with Crippen LogP contribution in [-0.4, -0.2) is 24.5 Å². The van der Waals surface area contributed by atoms with Gasteiger partial charge in [0.2, 0.25) is 0 Å². The molecule has 2 unspecified atom stereocenters. The minimum absolute atomic E-state index is 0.157. The molecule has 1 aromatic carbocycles. The van der Waals surface area contributed by atoms with Gasteiger partial charge in [-0.2, -0.15) is 0 Å². The third kappa shape index (κ3) is 3.82. The summed E-state index contributed by atoms with van der Waals surface area (Å²) in [5, 5.41) is 0. The number of nitrogens with two attached hydrogens (primary N) is 1. The first kappa shape index (κ1) is 13.6. The van der Waals surface area contributed by atoms with Crippen molar-refractivity contribution >= 4 is 0 Å². The number of rotatable bonds is 4. The fraction of sp³-hybridized carbons (Fsp3) is 0.625. The lowest BCUT2D eigenvalue weighted by Gasteiger charge is -2.24. The third-order valence-corrected chi connectivity index (χ3v) is 4.20. The molecule has 0 amide bonds. The molecule has 0 radical (unpaired) electrons. The van der Waals surface area contributed by atoms with Crippen LogP contribution < -0.4 is 5.73 Å². The summed E-state index contributed by atoms with van der Waals surface area (Å²) in [5.74, 6) is 0.933. The molecule has 1 aliphatic rings. The summed E-state index contributed by atoms with van der Waals surface area (Å²) < 4.78 is 0. The maximum absolute atomic E-state index is 6.30. The molecule has 0 aromatic heterocycles. The van der Waals surface area contributed by atoms with Gasteiger partial charge in [0.1, 0.15) is 0 Å². The Morgan fingerprint density at radius 3 is 2.72 bits per heavy atom. The van der Waals surface area contributed by atoms with E-state index in [4.69, 9.17) is 5.73 Å². The predicted octanol–water partition coefficient (Wildman–Crippen LogP) is 3.20. The summed E-state index contributed by atoms with van der Waals surface area (Å²) >= 11 is 0. The Kier molecular flexibility index (Phi) is 5.21. The van der Waals surface area contributed by atoms with Gasteiger partial charge in [0, 0.05) is 12.6 Å². The number of hydrogen-bond acceptors (Lipinski definition) is 2. The number of likely N-dealkylation sites (tertiary alicyclic amines) is 1. The highest BCUT2D eigenvalue weighted by molar-refractivity contribution is 5.18. The van der Waals surface area contributed by atoms with E-state index >= 15 is 0 Å². The van der Waals surface area contributed by atoms with E-state index in [-0.39, 0.29) is 6.04 Å². The van der Waals surface area contributed by atoms with Crippen LogP contribution in [-0.2, 0) is 0 Å². The molecular formula is C16H26N2. The highest BCUT2D eigenvalue weighted by Gasteiger charge is 2.17. The number of nitrogens with zero attached hydrogens (tertiary/aromatic N) is 1. The van der Waals surface area contributed by atoms with Gasteiger partial charge in [-0.15, -0.1) is 0 Å². The van der Waals surface area contributed by atoms with Crippen LogP contribution in [0.1, 0.15) is 44.2 Å². The maximum atomic E-state index is 6.30. The van der Waals surface area contributed by atoms with Crippen LogP contribution in [0, 0.1) is 5.92 Å². The van der Waals surface area contributed by atoms with Crippen molar-refractivity contribution in [1.29, 1.82) is 0 Å². The van der Waals surface area contributed by atoms with E-state index in [0.717, 1.165) is 12.5 Å². The molecule has 100 valence electrons.